The Kier molecular flexibility index (Phi) is 5.49. The van der Waals surface area contributed by atoms with Gasteiger partial charge in [-0.2, -0.15) is 5.10 Å². The minimum atomic E-state index is -0.0654. The number of aryl methyl sites for hydroxylation is 2. The van der Waals surface area contributed by atoms with Gasteiger partial charge in [-0.25, -0.2) is 0 Å². The maximum atomic E-state index is 6.05. The highest BCUT2D eigenvalue weighted by atomic mass is 79.9. The SMILES string of the molecule is CNC(Cc1c(Br)c(C)nn1C)C1(OC)CCCC(C)C1. The molecular formula is C16H28BrN3O. The average Bonchev–Trinajstić information content (AvgIpc) is 2.70. The molecule has 0 aliphatic heterocycles. The molecule has 0 aromatic carbocycles. The number of nitrogens with zero attached hydrogens (tertiary/aromatic N) is 2. The standard InChI is InChI=1S/C16H28BrN3O/c1-11-7-6-8-16(10-11,21-5)14(18-3)9-13-15(17)12(2)19-20(13)4/h11,14,18H,6-10H2,1-5H3. The van der Waals surface area contributed by atoms with E-state index < -0.39 is 0 Å². The van der Waals surface area contributed by atoms with Crippen LogP contribution >= 0.6 is 15.9 Å². The topological polar surface area (TPSA) is 39.1 Å². The van der Waals surface area contributed by atoms with Gasteiger partial charge in [0.25, 0.3) is 0 Å². The van der Waals surface area contributed by atoms with Crippen LogP contribution in [0.3, 0.4) is 0 Å². The number of hydrogen-bond donors (Lipinski definition) is 1. The zero-order chi connectivity index (χ0) is 15.6. The van der Waals surface area contributed by atoms with Gasteiger partial charge in [-0.05, 0) is 48.7 Å². The number of likely N-dealkylation sites (N-methyl/N-ethyl adjacent to an activating group) is 1. The Morgan fingerprint density at radius 3 is 2.76 bits per heavy atom. The first kappa shape index (κ1) is 17.0. The molecule has 1 saturated carbocycles. The first-order chi connectivity index (χ1) is 9.93. The van der Waals surface area contributed by atoms with Crippen LogP contribution in [-0.4, -0.2) is 35.6 Å². The third kappa shape index (κ3) is 3.35. The molecule has 1 aliphatic rings. The zero-order valence-corrected chi connectivity index (χ0v) is 15.5. The normalized spacial score (nSPS) is 27.8. The summed E-state index contributed by atoms with van der Waals surface area (Å²) in [7, 11) is 5.93. The quantitative estimate of drug-likeness (QED) is 0.879. The van der Waals surface area contributed by atoms with Gasteiger partial charge < -0.3 is 10.1 Å². The maximum Gasteiger partial charge on any atom is 0.0837 e. The lowest BCUT2D eigenvalue weighted by Gasteiger charge is -2.44. The molecule has 1 N–H and O–H groups in total. The van der Waals surface area contributed by atoms with E-state index in [-0.39, 0.29) is 5.60 Å². The summed E-state index contributed by atoms with van der Waals surface area (Å²) in [4.78, 5) is 0. The van der Waals surface area contributed by atoms with Gasteiger partial charge in [-0.1, -0.05) is 19.8 Å². The number of rotatable bonds is 5. The highest BCUT2D eigenvalue weighted by Gasteiger charge is 2.42. The van der Waals surface area contributed by atoms with Gasteiger partial charge in [0.15, 0.2) is 0 Å². The van der Waals surface area contributed by atoms with Crippen LogP contribution in [0.15, 0.2) is 4.47 Å². The molecule has 21 heavy (non-hydrogen) atoms. The summed E-state index contributed by atoms with van der Waals surface area (Å²) in [5.41, 5.74) is 2.22. The van der Waals surface area contributed by atoms with E-state index >= 15 is 0 Å². The largest absolute Gasteiger partial charge is 0.377 e. The molecule has 120 valence electrons. The smallest absolute Gasteiger partial charge is 0.0837 e. The summed E-state index contributed by atoms with van der Waals surface area (Å²) < 4.78 is 9.16. The van der Waals surface area contributed by atoms with Gasteiger partial charge in [-0.15, -0.1) is 0 Å². The van der Waals surface area contributed by atoms with Crippen molar-refractivity contribution in [1.29, 1.82) is 0 Å². The fourth-order valence-corrected chi connectivity index (χ4v) is 4.33. The van der Waals surface area contributed by atoms with Crippen molar-refractivity contribution in [2.75, 3.05) is 14.2 Å². The van der Waals surface area contributed by atoms with Crippen LogP contribution in [0.25, 0.3) is 0 Å². The van der Waals surface area contributed by atoms with Gasteiger partial charge in [0.2, 0.25) is 0 Å². The molecule has 3 unspecified atom stereocenters. The Morgan fingerprint density at radius 2 is 2.29 bits per heavy atom. The third-order valence-corrected chi connectivity index (χ3v) is 6.07. The van der Waals surface area contributed by atoms with E-state index in [9.17, 15) is 0 Å². The molecule has 0 amide bonds. The lowest BCUT2D eigenvalue weighted by Crippen LogP contribution is -2.54. The highest BCUT2D eigenvalue weighted by molar-refractivity contribution is 9.10. The maximum absolute atomic E-state index is 6.05. The van der Waals surface area contributed by atoms with Crippen LogP contribution in [-0.2, 0) is 18.2 Å². The van der Waals surface area contributed by atoms with Gasteiger partial charge in [0.05, 0.1) is 21.5 Å². The van der Waals surface area contributed by atoms with Gasteiger partial charge in [0, 0.05) is 26.6 Å². The number of methoxy groups -OCH3 is 1. The number of nitrogens with one attached hydrogen (secondary N) is 1. The summed E-state index contributed by atoms with van der Waals surface area (Å²) in [5.74, 6) is 0.728. The van der Waals surface area contributed by atoms with E-state index in [1.807, 2.05) is 32.8 Å². The van der Waals surface area contributed by atoms with Crippen molar-refractivity contribution in [3.63, 3.8) is 0 Å². The van der Waals surface area contributed by atoms with Crippen molar-refractivity contribution in [2.45, 2.75) is 57.6 Å². The van der Waals surface area contributed by atoms with Crippen LogP contribution in [0.4, 0.5) is 0 Å². The van der Waals surface area contributed by atoms with Crippen molar-refractivity contribution in [2.24, 2.45) is 13.0 Å². The molecular weight excluding hydrogens is 330 g/mol. The Hall–Kier alpha value is -0.390. The second-order valence-corrected chi connectivity index (χ2v) is 7.28. The molecule has 4 nitrogen and oxygen atoms in total. The Labute approximate surface area is 136 Å². The Morgan fingerprint density at radius 1 is 1.57 bits per heavy atom. The lowest BCUT2D eigenvalue weighted by atomic mass is 9.73. The number of halogens is 1. The highest BCUT2D eigenvalue weighted by Crippen LogP contribution is 2.38. The van der Waals surface area contributed by atoms with Gasteiger partial charge >= 0.3 is 0 Å². The molecule has 1 aromatic rings. The molecule has 1 heterocycles. The van der Waals surface area contributed by atoms with Crippen LogP contribution in [0, 0.1) is 12.8 Å². The fraction of sp³-hybridized carbons (Fsp3) is 0.812. The fourth-order valence-electron chi connectivity index (χ4n) is 3.83. The van der Waals surface area contributed by atoms with Crippen LogP contribution < -0.4 is 5.32 Å². The number of ether oxygens (including phenoxy) is 1. The summed E-state index contributed by atoms with van der Waals surface area (Å²) in [6, 6.07) is 0.302. The van der Waals surface area contributed by atoms with Crippen LogP contribution in [0.1, 0.15) is 44.0 Å². The van der Waals surface area contributed by atoms with E-state index in [0.717, 1.165) is 35.3 Å². The first-order valence-electron chi connectivity index (χ1n) is 7.84. The molecule has 3 atom stereocenters. The van der Waals surface area contributed by atoms with Gasteiger partial charge in [-0.3, -0.25) is 4.68 Å². The second kappa shape index (κ2) is 6.80. The van der Waals surface area contributed by atoms with Crippen molar-refractivity contribution >= 4 is 15.9 Å². The predicted octanol–water partition coefficient (Wildman–Crippen LogP) is 3.22. The molecule has 0 bridgehead atoms. The minimum Gasteiger partial charge on any atom is -0.377 e. The predicted molar refractivity (Wildman–Crippen MR) is 89.6 cm³/mol. The van der Waals surface area contributed by atoms with E-state index in [0.29, 0.717) is 6.04 Å². The Balaban J connectivity index is 2.25. The summed E-state index contributed by atoms with van der Waals surface area (Å²) in [6.07, 6.45) is 5.75. The molecule has 0 radical (unpaired) electrons. The average molecular weight is 358 g/mol. The molecule has 1 aromatic heterocycles. The number of aromatic nitrogens is 2. The second-order valence-electron chi connectivity index (χ2n) is 6.49. The van der Waals surface area contributed by atoms with Crippen LogP contribution in [0.5, 0.6) is 0 Å². The number of hydrogen-bond acceptors (Lipinski definition) is 3. The first-order valence-corrected chi connectivity index (χ1v) is 8.63. The van der Waals surface area contributed by atoms with E-state index in [2.05, 4.69) is 33.3 Å². The van der Waals surface area contributed by atoms with Crippen molar-refractivity contribution in [1.82, 2.24) is 15.1 Å². The molecule has 0 spiro atoms. The summed E-state index contributed by atoms with van der Waals surface area (Å²) in [6.45, 7) is 4.38. The van der Waals surface area contributed by atoms with E-state index in [1.54, 1.807) is 0 Å². The monoisotopic (exact) mass is 357 g/mol. The third-order valence-electron chi connectivity index (χ3n) is 5.04. The zero-order valence-electron chi connectivity index (χ0n) is 13.9. The molecule has 5 heteroatoms. The summed E-state index contributed by atoms with van der Waals surface area (Å²) >= 11 is 3.68. The Bertz CT molecular complexity index is 488. The minimum absolute atomic E-state index is 0.0654. The molecule has 1 fully saturated rings. The van der Waals surface area contributed by atoms with Crippen molar-refractivity contribution in [3.8, 4) is 0 Å². The van der Waals surface area contributed by atoms with E-state index in [4.69, 9.17) is 4.74 Å². The lowest BCUT2D eigenvalue weighted by molar-refractivity contribution is -0.0778. The van der Waals surface area contributed by atoms with Gasteiger partial charge in [0.1, 0.15) is 0 Å². The van der Waals surface area contributed by atoms with Crippen molar-refractivity contribution in [3.05, 3.63) is 15.9 Å². The van der Waals surface area contributed by atoms with Crippen LogP contribution in [0.2, 0.25) is 0 Å². The summed E-state index contributed by atoms with van der Waals surface area (Å²) in [5, 5.41) is 8.02. The molecule has 1 aliphatic carbocycles. The molecule has 0 saturated heterocycles. The van der Waals surface area contributed by atoms with Crippen molar-refractivity contribution < 1.29 is 4.74 Å². The van der Waals surface area contributed by atoms with E-state index in [1.165, 1.54) is 18.5 Å². The molecule has 2 rings (SSSR count).